The van der Waals surface area contributed by atoms with E-state index in [4.69, 9.17) is 4.11 Å². The van der Waals surface area contributed by atoms with Gasteiger partial charge < -0.3 is 19.3 Å². The van der Waals surface area contributed by atoms with Gasteiger partial charge in [0.1, 0.15) is 0 Å². The topological polar surface area (TPSA) is 14.7 Å². The van der Waals surface area contributed by atoms with Crippen LogP contribution in [-0.4, -0.2) is 11.3 Å². The first kappa shape index (κ1) is 46.3. The van der Waals surface area contributed by atoms with Gasteiger partial charge >= 0.3 is 0 Å². The average Bonchev–Trinajstić information content (AvgIpc) is 0.853. The van der Waals surface area contributed by atoms with Gasteiger partial charge in [0, 0.05) is 67.6 Å². The first-order chi connectivity index (χ1) is 48.1. The monoisotopic (exact) mass is 1180 g/mol. The number of rotatable bonds is 10. The van der Waals surface area contributed by atoms with Gasteiger partial charge in [0.15, 0.2) is 0 Å². The predicted molar refractivity (Wildman–Crippen MR) is 389 cm³/mol. The Kier molecular flexibility index (Phi) is 11.2. The Morgan fingerprint density at radius 2 is 0.846 bits per heavy atom. The zero-order valence-electron chi connectivity index (χ0n) is 60.6. The molecule has 0 N–H and O–H groups in total. The van der Waals surface area contributed by atoms with Crippen molar-refractivity contribution in [1.82, 2.24) is 4.57 Å². The highest BCUT2D eigenvalue weighted by molar-refractivity contribution is 7.00. The van der Waals surface area contributed by atoms with Gasteiger partial charge in [0.25, 0.3) is 6.71 Å². The summed E-state index contributed by atoms with van der Waals surface area (Å²) in [6.45, 7) is 13.3. The van der Waals surface area contributed by atoms with Crippen LogP contribution in [0.3, 0.4) is 0 Å². The minimum absolute atomic E-state index is 0.0673. The second-order valence-electron chi connectivity index (χ2n) is 26.0. The van der Waals surface area contributed by atoms with Crippen LogP contribution in [-0.2, 0) is 10.8 Å². The fourth-order valence-electron chi connectivity index (χ4n) is 13.7. The third-order valence-electron chi connectivity index (χ3n) is 18.2. The number of benzene rings is 13. The summed E-state index contributed by atoms with van der Waals surface area (Å²) in [5, 5.41) is 0.739. The van der Waals surface area contributed by atoms with Crippen molar-refractivity contribution < 1.29 is 12.3 Å². The summed E-state index contributed by atoms with van der Waals surface area (Å²) >= 11 is 0. The molecule has 4 nitrogen and oxygen atoms in total. The van der Waals surface area contributed by atoms with Crippen LogP contribution in [0.15, 0.2) is 309 Å². The molecule has 0 amide bonds. The Balaban J connectivity index is 0.997. The van der Waals surface area contributed by atoms with E-state index in [9.17, 15) is 8.22 Å². The second kappa shape index (κ2) is 22.0. The summed E-state index contributed by atoms with van der Waals surface area (Å²) in [4.78, 5) is 6.55. The van der Waals surface area contributed by atoms with Crippen LogP contribution in [0.1, 0.15) is 65.0 Å². The minimum Gasteiger partial charge on any atom is -0.311 e. The molecule has 2 aliphatic heterocycles. The van der Waals surface area contributed by atoms with Gasteiger partial charge in [-0.3, -0.25) is 0 Å². The summed E-state index contributed by atoms with van der Waals surface area (Å²) in [5.74, 6) is 0. The van der Waals surface area contributed by atoms with E-state index in [2.05, 4.69) is 252 Å². The highest BCUT2D eigenvalue weighted by Gasteiger charge is 2.45. The van der Waals surface area contributed by atoms with Crippen molar-refractivity contribution in [2.75, 3.05) is 14.7 Å². The first-order valence-electron chi connectivity index (χ1n) is 35.7. The summed E-state index contributed by atoms with van der Waals surface area (Å²) < 4.78 is 84.6. The van der Waals surface area contributed by atoms with Crippen LogP contribution >= 0.6 is 0 Å². The molecule has 5 heteroatoms. The van der Waals surface area contributed by atoms with Gasteiger partial charge in [-0.1, -0.05) is 242 Å². The highest BCUT2D eigenvalue weighted by atomic mass is 15.2. The quantitative estimate of drug-likeness (QED) is 0.127. The number of hydrogen-bond donors (Lipinski definition) is 0. The lowest BCUT2D eigenvalue weighted by molar-refractivity contribution is 0.590. The highest BCUT2D eigenvalue weighted by Crippen LogP contribution is 2.50. The third-order valence-corrected chi connectivity index (χ3v) is 18.2. The normalized spacial score (nSPS) is 14.0. The van der Waals surface area contributed by atoms with E-state index >= 15 is 0 Å². The maximum absolute atomic E-state index is 9.89. The minimum atomic E-state index is -0.517. The average molecular weight is 1180 g/mol. The van der Waals surface area contributed by atoms with Crippen LogP contribution in [0, 0.1) is 0 Å². The molecule has 13 aromatic carbocycles. The summed E-state index contributed by atoms with van der Waals surface area (Å²) in [5.41, 5.74) is 22.0. The van der Waals surface area contributed by atoms with E-state index in [1.54, 1.807) is 17.0 Å². The molecule has 16 rings (SSSR count). The van der Waals surface area contributed by atoms with Crippen molar-refractivity contribution in [1.29, 1.82) is 0 Å². The lowest BCUT2D eigenvalue weighted by Gasteiger charge is -2.45. The van der Waals surface area contributed by atoms with Gasteiger partial charge in [-0.25, -0.2) is 0 Å². The Morgan fingerprint density at radius 3 is 1.49 bits per heavy atom. The third kappa shape index (κ3) is 9.80. The van der Waals surface area contributed by atoms with Gasteiger partial charge in [0.2, 0.25) is 0 Å². The molecule has 0 unspecified atom stereocenters. The molecule has 1 aromatic heterocycles. The van der Waals surface area contributed by atoms with Gasteiger partial charge in [-0.05, 0) is 192 Å². The maximum atomic E-state index is 9.89. The lowest BCUT2D eigenvalue weighted by Crippen LogP contribution is -2.61. The summed E-state index contributed by atoms with van der Waals surface area (Å²) in [7, 11) is 0. The van der Waals surface area contributed by atoms with Crippen LogP contribution in [0.25, 0.3) is 72.0 Å². The lowest BCUT2D eigenvalue weighted by atomic mass is 9.33. The number of fused-ring (bicyclic) bond motifs is 7. The molecule has 14 aromatic rings. The van der Waals surface area contributed by atoms with E-state index in [-0.39, 0.29) is 46.2 Å². The zero-order chi connectivity index (χ0) is 69.4. The molecule has 2 aliphatic rings. The number of aromatic nitrogens is 1. The SMILES string of the molecule is [2H]c1c([2H])c([2H])c(N(c2ccccc2)c2ccc3c(c2)c2c([2H])c([2H])c([2H])c([2H])c2n3-c2ccc3c(c2)N(c2cccc(-c4ccccc4)c2)c2cc(C(C)(C)C)cc4c2B3c2ccc(-c3cccc(C(C)(C)C)c3)cc2N4c2cc(-c3ccccc3)cc(-c3ccccc3)c2)c([2H])c1[2H]. The molecule has 436 valence electrons. The molecular formula is C86H69BN4. The number of anilines is 9. The van der Waals surface area contributed by atoms with E-state index in [0.29, 0.717) is 28.0 Å². The van der Waals surface area contributed by atoms with Crippen molar-refractivity contribution in [3.8, 4) is 50.2 Å². The standard InChI is InChI=1S/C86H69BN4/c1-85(2,3)66-34-24-32-61(49-66)63-42-45-76-80(53-63)91(73-51-64(59-28-14-8-15-29-59)48-65(52-73)60-30-16-9-17-31-60)83-55-67(86(4,5)6)54-82-84(83)87(76)77-46-43-72(57-81(77)90(82)70-39-25-33-62(50-70)58-26-12-7-13-27-58)89-78-41-23-22-40-74(78)75-56-71(44-47-79(75)89)88(68-35-18-10-19-36-68)69-37-20-11-21-38-69/h7-57H,1-6H3/i10D,18D,19D,22D,23D,35D,36D,40D,41D. The molecule has 0 bridgehead atoms. The van der Waals surface area contributed by atoms with E-state index in [1.807, 2.05) is 47.0 Å². The zero-order valence-corrected chi connectivity index (χ0v) is 51.6. The number of para-hydroxylation sites is 3. The van der Waals surface area contributed by atoms with E-state index in [0.717, 1.165) is 101 Å². The smallest absolute Gasteiger partial charge is 0.252 e. The van der Waals surface area contributed by atoms with E-state index in [1.165, 1.54) is 5.56 Å². The Labute approximate surface area is 547 Å². The van der Waals surface area contributed by atoms with E-state index < -0.39 is 42.3 Å². The molecule has 0 aliphatic carbocycles. The van der Waals surface area contributed by atoms with Crippen molar-refractivity contribution in [3.63, 3.8) is 0 Å². The van der Waals surface area contributed by atoms with Gasteiger partial charge in [-0.15, -0.1) is 0 Å². The maximum Gasteiger partial charge on any atom is 0.252 e. The number of hydrogen-bond acceptors (Lipinski definition) is 3. The molecule has 0 fully saturated rings. The van der Waals surface area contributed by atoms with Crippen LogP contribution in [0.2, 0.25) is 0 Å². The van der Waals surface area contributed by atoms with Crippen LogP contribution < -0.4 is 31.1 Å². The van der Waals surface area contributed by atoms with Crippen molar-refractivity contribution in [2.45, 2.75) is 52.4 Å². The molecule has 91 heavy (non-hydrogen) atoms. The molecule has 3 heterocycles. The molecular weight excluding hydrogens is 1100 g/mol. The van der Waals surface area contributed by atoms with Crippen LogP contribution in [0.5, 0.6) is 0 Å². The number of nitrogens with zero attached hydrogens (tertiary/aromatic N) is 4. The van der Waals surface area contributed by atoms with Crippen molar-refractivity contribution >= 4 is 96.1 Å². The fourth-order valence-corrected chi connectivity index (χ4v) is 13.7. The fraction of sp³-hybridized carbons (Fsp3) is 0.0930. The first-order valence-corrected chi connectivity index (χ1v) is 31.2. The molecule has 0 radical (unpaired) electrons. The summed E-state index contributed by atoms with van der Waals surface area (Å²) in [6.07, 6.45) is 0. The Morgan fingerprint density at radius 1 is 0.319 bits per heavy atom. The van der Waals surface area contributed by atoms with Crippen molar-refractivity contribution in [3.05, 3.63) is 320 Å². The Bertz CT molecular complexity index is 5570. The second-order valence-corrected chi connectivity index (χ2v) is 26.0. The molecule has 0 saturated carbocycles. The van der Waals surface area contributed by atoms with Gasteiger partial charge in [-0.2, -0.15) is 0 Å². The largest absolute Gasteiger partial charge is 0.311 e. The van der Waals surface area contributed by atoms with Gasteiger partial charge in [0.05, 0.1) is 23.4 Å². The van der Waals surface area contributed by atoms with Crippen LogP contribution in [0.4, 0.5) is 51.2 Å². The molecule has 0 saturated heterocycles. The summed E-state index contributed by atoms with van der Waals surface area (Å²) in [6, 6.07) is 85.6. The molecule has 0 spiro atoms. The Hall–Kier alpha value is -10.9. The van der Waals surface area contributed by atoms with Crippen molar-refractivity contribution in [2.24, 2.45) is 0 Å². The molecule has 0 atom stereocenters. The predicted octanol–water partition coefficient (Wildman–Crippen LogP) is 21.6.